The number of benzene rings is 1. The van der Waals surface area contributed by atoms with Crippen LogP contribution in [0.4, 0.5) is 5.82 Å². The third-order valence-corrected chi connectivity index (χ3v) is 8.59. The number of anilines is 1. The number of pyridine rings is 2. The lowest BCUT2D eigenvalue weighted by Crippen LogP contribution is -2.44. The van der Waals surface area contributed by atoms with Crippen molar-refractivity contribution < 1.29 is 9.84 Å². The molecule has 1 N–H and O–H groups in total. The number of piperazine rings is 1. The zero-order chi connectivity index (χ0) is 25.2. The predicted molar refractivity (Wildman–Crippen MR) is 149 cm³/mol. The molecule has 1 aliphatic heterocycles. The van der Waals surface area contributed by atoms with Crippen LogP contribution in [0.25, 0.3) is 21.5 Å². The van der Waals surface area contributed by atoms with E-state index >= 15 is 0 Å². The number of nitrogens with zero attached hydrogens (tertiary/aromatic N) is 5. The number of rotatable bonds is 6. The number of aromatic nitrogens is 3. The molecule has 1 aromatic carbocycles. The fraction of sp³-hybridized carbons (Fsp3) is 0.414. The highest BCUT2D eigenvalue weighted by Gasteiger charge is 2.24. The molecule has 4 aromatic rings. The topological polar surface area (TPSA) is 74.6 Å². The fourth-order valence-corrected chi connectivity index (χ4v) is 6.40. The molecule has 192 valence electrons. The van der Waals surface area contributed by atoms with Gasteiger partial charge in [-0.3, -0.25) is 4.98 Å². The van der Waals surface area contributed by atoms with Gasteiger partial charge in [-0.05, 0) is 56.1 Å². The van der Waals surface area contributed by atoms with Gasteiger partial charge in [0, 0.05) is 62.7 Å². The van der Waals surface area contributed by atoms with Crippen LogP contribution >= 0.6 is 11.3 Å². The lowest BCUT2D eigenvalue weighted by atomic mass is 9.84. The van der Waals surface area contributed by atoms with Crippen LogP contribution < -0.4 is 9.64 Å². The van der Waals surface area contributed by atoms with E-state index in [1.807, 2.05) is 36.5 Å². The van der Waals surface area contributed by atoms with Crippen molar-refractivity contribution in [1.82, 2.24) is 19.9 Å². The molecule has 37 heavy (non-hydrogen) atoms. The molecule has 2 fully saturated rings. The molecule has 2 aliphatic rings. The van der Waals surface area contributed by atoms with Crippen LogP contribution in [0, 0.1) is 5.92 Å². The van der Waals surface area contributed by atoms with Crippen LogP contribution in [0.3, 0.4) is 0 Å². The average molecular weight is 516 g/mol. The van der Waals surface area contributed by atoms with Crippen LogP contribution in [-0.2, 0) is 6.42 Å². The molecule has 1 saturated carbocycles. The normalized spacial score (nSPS) is 20.9. The van der Waals surface area contributed by atoms with Crippen molar-refractivity contribution in [3.05, 3.63) is 59.9 Å². The summed E-state index contributed by atoms with van der Waals surface area (Å²) in [7, 11) is 2.16. The molecule has 0 unspecified atom stereocenters. The van der Waals surface area contributed by atoms with Crippen LogP contribution in [0.15, 0.2) is 54.9 Å². The van der Waals surface area contributed by atoms with Gasteiger partial charge in [-0.25, -0.2) is 9.97 Å². The Hall–Kier alpha value is -3.07. The van der Waals surface area contributed by atoms with E-state index < -0.39 is 0 Å². The number of aliphatic hydroxyl groups is 1. The summed E-state index contributed by atoms with van der Waals surface area (Å²) in [6, 6.07) is 14.0. The van der Waals surface area contributed by atoms with E-state index in [1.165, 1.54) is 6.42 Å². The predicted octanol–water partition coefficient (Wildman–Crippen LogP) is 5.39. The maximum Gasteiger partial charge on any atom is 0.131 e. The lowest BCUT2D eigenvalue weighted by molar-refractivity contribution is 0.0700. The molecule has 2 atom stereocenters. The smallest absolute Gasteiger partial charge is 0.131 e. The first-order valence-corrected chi connectivity index (χ1v) is 14.0. The van der Waals surface area contributed by atoms with Crippen molar-refractivity contribution in [3.8, 4) is 22.8 Å². The Balaban J connectivity index is 1.17. The minimum absolute atomic E-state index is 0.196. The molecule has 1 saturated heterocycles. The standard InChI is InChI=1S/C29H33N5O2S/c1-33-12-14-34(15-13-33)28-16-20(8-10-31-28)25-18-23(9-11-30-25)36-22-6-7-24-27(19-22)37-29(32-24)17-21-4-2-3-5-26(21)35/h6-11,16,18-19,21,26,35H,2-5,12-15,17H2,1H3/t21-,26+/m0/s1. The first kappa shape index (κ1) is 24.3. The maximum absolute atomic E-state index is 10.4. The second kappa shape index (κ2) is 10.7. The number of likely N-dealkylation sites (N-methyl/N-ethyl adjacent to an activating group) is 1. The van der Waals surface area contributed by atoms with Crippen LogP contribution in [0.5, 0.6) is 11.5 Å². The Morgan fingerprint density at radius 1 is 0.946 bits per heavy atom. The third kappa shape index (κ3) is 5.61. The molecule has 1 aliphatic carbocycles. The molecule has 7 nitrogen and oxygen atoms in total. The summed E-state index contributed by atoms with van der Waals surface area (Å²) in [5.74, 6) is 2.85. The fourth-order valence-electron chi connectivity index (χ4n) is 5.31. The van der Waals surface area contributed by atoms with E-state index in [0.29, 0.717) is 5.92 Å². The van der Waals surface area contributed by atoms with Crippen LogP contribution in [0.2, 0.25) is 0 Å². The first-order valence-electron chi connectivity index (χ1n) is 13.2. The molecule has 0 bridgehead atoms. The minimum atomic E-state index is -0.196. The van der Waals surface area contributed by atoms with Gasteiger partial charge in [0.25, 0.3) is 0 Å². The van der Waals surface area contributed by atoms with Gasteiger partial charge in [-0.2, -0.15) is 0 Å². The zero-order valence-electron chi connectivity index (χ0n) is 21.2. The van der Waals surface area contributed by atoms with Crippen molar-refractivity contribution >= 4 is 27.4 Å². The van der Waals surface area contributed by atoms with E-state index in [4.69, 9.17) is 9.72 Å². The first-order chi connectivity index (χ1) is 18.1. The minimum Gasteiger partial charge on any atom is -0.457 e. The number of ether oxygens (including phenoxy) is 1. The van der Waals surface area contributed by atoms with Gasteiger partial charge in [0.2, 0.25) is 0 Å². The highest BCUT2D eigenvalue weighted by molar-refractivity contribution is 7.18. The van der Waals surface area contributed by atoms with E-state index in [0.717, 1.165) is 95.7 Å². The highest BCUT2D eigenvalue weighted by Crippen LogP contribution is 2.34. The Bertz CT molecular complexity index is 1370. The highest BCUT2D eigenvalue weighted by atomic mass is 32.1. The van der Waals surface area contributed by atoms with Gasteiger partial charge in [-0.15, -0.1) is 11.3 Å². The lowest BCUT2D eigenvalue weighted by Gasteiger charge is -2.33. The molecular weight excluding hydrogens is 482 g/mol. The van der Waals surface area contributed by atoms with Gasteiger partial charge in [0.1, 0.15) is 17.3 Å². The summed E-state index contributed by atoms with van der Waals surface area (Å²) in [4.78, 5) is 18.7. The maximum atomic E-state index is 10.4. The quantitative estimate of drug-likeness (QED) is 0.369. The van der Waals surface area contributed by atoms with Crippen molar-refractivity contribution in [1.29, 1.82) is 0 Å². The average Bonchev–Trinajstić information content (AvgIpc) is 3.32. The summed E-state index contributed by atoms with van der Waals surface area (Å²) in [5.41, 5.74) is 2.88. The Morgan fingerprint density at radius 2 is 1.76 bits per heavy atom. The largest absolute Gasteiger partial charge is 0.457 e. The monoisotopic (exact) mass is 515 g/mol. The molecule has 0 amide bonds. The SMILES string of the molecule is CN1CCN(c2cc(-c3cc(Oc4ccc5nc(C[C@@H]6CCCC[C@H]6O)sc5c4)ccn3)ccn2)CC1. The molecular formula is C29H33N5O2S. The van der Waals surface area contributed by atoms with Crippen molar-refractivity contribution in [2.24, 2.45) is 5.92 Å². The van der Waals surface area contributed by atoms with E-state index in [2.05, 4.69) is 38.9 Å². The van der Waals surface area contributed by atoms with Gasteiger partial charge < -0.3 is 19.6 Å². The van der Waals surface area contributed by atoms with Crippen molar-refractivity contribution in [3.63, 3.8) is 0 Å². The van der Waals surface area contributed by atoms with Crippen LogP contribution in [0.1, 0.15) is 30.7 Å². The number of fused-ring (bicyclic) bond motifs is 1. The second-order valence-electron chi connectivity index (χ2n) is 10.2. The molecule has 8 heteroatoms. The Kier molecular flexibility index (Phi) is 7.04. The Labute approximate surface area is 221 Å². The van der Waals surface area contributed by atoms with Gasteiger partial charge in [0.05, 0.1) is 27.0 Å². The van der Waals surface area contributed by atoms with E-state index in [-0.39, 0.29) is 6.10 Å². The van der Waals surface area contributed by atoms with E-state index in [1.54, 1.807) is 17.5 Å². The summed E-state index contributed by atoms with van der Waals surface area (Å²) in [5, 5.41) is 11.4. The van der Waals surface area contributed by atoms with Gasteiger partial charge in [0.15, 0.2) is 0 Å². The third-order valence-electron chi connectivity index (χ3n) is 7.55. The van der Waals surface area contributed by atoms with Gasteiger partial charge >= 0.3 is 0 Å². The zero-order valence-corrected chi connectivity index (χ0v) is 22.0. The molecule has 4 heterocycles. The van der Waals surface area contributed by atoms with E-state index in [9.17, 15) is 5.11 Å². The molecule has 0 spiro atoms. The number of hydrogen-bond donors (Lipinski definition) is 1. The van der Waals surface area contributed by atoms with Gasteiger partial charge in [-0.1, -0.05) is 12.8 Å². The Morgan fingerprint density at radius 3 is 2.62 bits per heavy atom. The van der Waals surface area contributed by atoms with Crippen molar-refractivity contribution in [2.75, 3.05) is 38.1 Å². The number of hydrogen-bond acceptors (Lipinski definition) is 8. The molecule has 3 aromatic heterocycles. The second-order valence-corrected chi connectivity index (χ2v) is 11.3. The molecule has 6 rings (SSSR count). The summed E-state index contributed by atoms with van der Waals surface area (Å²) < 4.78 is 7.36. The summed E-state index contributed by atoms with van der Waals surface area (Å²) in [6.07, 6.45) is 8.65. The number of thiazole rings is 1. The summed E-state index contributed by atoms with van der Waals surface area (Å²) >= 11 is 1.70. The van der Waals surface area contributed by atoms with Crippen molar-refractivity contribution in [2.45, 2.75) is 38.2 Å². The number of aliphatic hydroxyl groups excluding tert-OH is 1. The molecule has 0 radical (unpaired) electrons. The van der Waals surface area contributed by atoms with Crippen LogP contribution in [-0.4, -0.2) is 64.3 Å². The summed E-state index contributed by atoms with van der Waals surface area (Å²) in [6.45, 7) is 4.04.